The predicted octanol–water partition coefficient (Wildman–Crippen LogP) is 0.983. The summed E-state index contributed by atoms with van der Waals surface area (Å²) in [4.78, 5) is 14.6. The van der Waals surface area contributed by atoms with Crippen molar-refractivity contribution in [2.75, 3.05) is 7.11 Å². The molecule has 5 heteroatoms. The van der Waals surface area contributed by atoms with E-state index in [2.05, 4.69) is 16.3 Å². The largest absolute Gasteiger partial charge is 0.466 e. The second-order valence-corrected chi connectivity index (χ2v) is 2.82. The number of ether oxygens (including phenoxy) is 1. The average molecular weight is 211 g/mol. The van der Waals surface area contributed by atoms with Gasteiger partial charge < -0.3 is 9.84 Å². The predicted molar refractivity (Wildman–Crippen MR) is 50.3 cm³/mol. The van der Waals surface area contributed by atoms with E-state index >= 15 is 0 Å². The van der Waals surface area contributed by atoms with Crippen LogP contribution in [0.1, 0.15) is 11.8 Å². The number of aliphatic hydroxyl groups is 1. The van der Waals surface area contributed by atoms with Crippen LogP contribution in [0.5, 0.6) is 0 Å². The first kappa shape index (κ1) is 11.3. The van der Waals surface area contributed by atoms with Crippen molar-refractivity contribution >= 4 is 5.97 Å². The normalized spacial score (nSPS) is 11.9. The van der Waals surface area contributed by atoms with E-state index in [-0.39, 0.29) is 11.3 Å². The van der Waals surface area contributed by atoms with Gasteiger partial charge in [-0.15, -0.1) is 0 Å². The third kappa shape index (κ3) is 2.60. The van der Waals surface area contributed by atoms with E-state index in [1.54, 1.807) is 0 Å². The number of hydrogen-bond acceptors (Lipinski definition) is 4. The zero-order chi connectivity index (χ0) is 11.4. The number of nitrogens with zero attached hydrogens (tertiary/aromatic N) is 1. The highest BCUT2D eigenvalue weighted by Crippen LogP contribution is 2.18. The Morgan fingerprint density at radius 3 is 2.80 bits per heavy atom. The van der Waals surface area contributed by atoms with E-state index in [0.717, 1.165) is 12.3 Å². The molecule has 1 N–H and O–H groups in total. The van der Waals surface area contributed by atoms with E-state index in [0.29, 0.717) is 0 Å². The summed E-state index contributed by atoms with van der Waals surface area (Å²) in [6.07, 6.45) is -0.332. The molecule has 0 bridgehead atoms. The lowest BCUT2D eigenvalue weighted by Gasteiger charge is -2.10. The van der Waals surface area contributed by atoms with E-state index in [9.17, 15) is 14.3 Å². The van der Waals surface area contributed by atoms with Crippen molar-refractivity contribution in [2.45, 2.75) is 6.10 Å². The Morgan fingerprint density at radius 1 is 1.67 bits per heavy atom. The van der Waals surface area contributed by atoms with Gasteiger partial charge in [0, 0.05) is 0 Å². The van der Waals surface area contributed by atoms with Crippen molar-refractivity contribution in [3.05, 3.63) is 42.0 Å². The molecule has 0 spiro atoms. The van der Waals surface area contributed by atoms with Crippen LogP contribution in [0.4, 0.5) is 4.39 Å². The minimum atomic E-state index is -1.28. The van der Waals surface area contributed by atoms with Crippen molar-refractivity contribution in [3.8, 4) is 0 Å². The monoisotopic (exact) mass is 211 g/mol. The molecule has 80 valence electrons. The van der Waals surface area contributed by atoms with Crippen molar-refractivity contribution in [1.82, 2.24) is 4.98 Å². The average Bonchev–Trinajstić information content (AvgIpc) is 2.27. The minimum absolute atomic E-state index is 0.142. The fourth-order valence-corrected chi connectivity index (χ4v) is 0.970. The minimum Gasteiger partial charge on any atom is -0.466 e. The Balaban J connectivity index is 2.85. The van der Waals surface area contributed by atoms with Gasteiger partial charge >= 0.3 is 5.97 Å². The summed E-state index contributed by atoms with van der Waals surface area (Å²) >= 11 is 0. The van der Waals surface area contributed by atoms with Gasteiger partial charge in [0.25, 0.3) is 0 Å². The van der Waals surface area contributed by atoms with Crippen LogP contribution in [0.2, 0.25) is 0 Å². The number of esters is 1. The lowest BCUT2D eigenvalue weighted by atomic mass is 10.1. The lowest BCUT2D eigenvalue weighted by Crippen LogP contribution is -2.13. The molecule has 0 saturated heterocycles. The highest BCUT2D eigenvalue weighted by Gasteiger charge is 2.19. The molecule has 1 unspecified atom stereocenters. The summed E-state index contributed by atoms with van der Waals surface area (Å²) < 4.78 is 16.9. The SMILES string of the molecule is C=C(C(=O)OC)C(O)c1ccc(F)cn1. The molecule has 15 heavy (non-hydrogen) atoms. The lowest BCUT2D eigenvalue weighted by molar-refractivity contribution is -0.137. The van der Waals surface area contributed by atoms with Gasteiger partial charge in [0.15, 0.2) is 0 Å². The molecular formula is C10H10FNO3. The zero-order valence-corrected chi connectivity index (χ0v) is 8.11. The molecule has 0 amide bonds. The van der Waals surface area contributed by atoms with Crippen LogP contribution < -0.4 is 0 Å². The van der Waals surface area contributed by atoms with E-state index in [1.165, 1.54) is 13.2 Å². The molecule has 0 aliphatic carbocycles. The van der Waals surface area contributed by atoms with Gasteiger partial charge in [0.1, 0.15) is 11.9 Å². The Hall–Kier alpha value is -1.75. The summed E-state index contributed by atoms with van der Waals surface area (Å²) in [5, 5.41) is 9.60. The van der Waals surface area contributed by atoms with Crippen LogP contribution >= 0.6 is 0 Å². The molecule has 4 nitrogen and oxygen atoms in total. The maximum absolute atomic E-state index is 12.5. The summed E-state index contributed by atoms with van der Waals surface area (Å²) in [6.45, 7) is 3.37. The molecule has 1 rings (SSSR count). The van der Waals surface area contributed by atoms with Crippen molar-refractivity contribution in [1.29, 1.82) is 0 Å². The summed E-state index contributed by atoms with van der Waals surface area (Å²) in [7, 11) is 1.18. The quantitative estimate of drug-likeness (QED) is 0.598. The molecule has 0 saturated carbocycles. The van der Waals surface area contributed by atoms with Crippen LogP contribution in [0.15, 0.2) is 30.5 Å². The Morgan fingerprint density at radius 2 is 2.33 bits per heavy atom. The number of aromatic nitrogens is 1. The topological polar surface area (TPSA) is 59.4 Å². The molecule has 1 aromatic heterocycles. The van der Waals surface area contributed by atoms with Crippen LogP contribution in [0.3, 0.4) is 0 Å². The third-order valence-electron chi connectivity index (χ3n) is 1.81. The van der Waals surface area contributed by atoms with Crippen molar-refractivity contribution in [2.24, 2.45) is 0 Å². The molecule has 0 aromatic carbocycles. The Bertz CT molecular complexity index is 375. The van der Waals surface area contributed by atoms with Crippen molar-refractivity contribution in [3.63, 3.8) is 0 Å². The maximum atomic E-state index is 12.5. The number of rotatable bonds is 3. The third-order valence-corrected chi connectivity index (χ3v) is 1.81. The molecule has 0 aliphatic heterocycles. The second kappa shape index (κ2) is 4.65. The van der Waals surface area contributed by atoms with Gasteiger partial charge in [-0.3, -0.25) is 4.98 Å². The van der Waals surface area contributed by atoms with Gasteiger partial charge in [-0.2, -0.15) is 0 Å². The Labute approximate surface area is 86.0 Å². The highest BCUT2D eigenvalue weighted by atomic mass is 19.1. The van der Waals surface area contributed by atoms with E-state index in [4.69, 9.17) is 0 Å². The standard InChI is InChI=1S/C10H10FNO3/c1-6(10(14)15-2)9(13)8-4-3-7(11)5-12-8/h3-5,9,13H,1H2,2H3. The number of hydrogen-bond donors (Lipinski definition) is 1. The zero-order valence-electron chi connectivity index (χ0n) is 8.11. The second-order valence-electron chi connectivity index (χ2n) is 2.82. The highest BCUT2D eigenvalue weighted by molar-refractivity contribution is 5.88. The van der Waals surface area contributed by atoms with Crippen molar-refractivity contribution < 1.29 is 19.0 Å². The fourth-order valence-electron chi connectivity index (χ4n) is 0.970. The maximum Gasteiger partial charge on any atom is 0.336 e. The first-order valence-corrected chi connectivity index (χ1v) is 4.13. The van der Waals surface area contributed by atoms with Crippen LogP contribution in [0.25, 0.3) is 0 Å². The molecule has 0 radical (unpaired) electrons. The fraction of sp³-hybridized carbons (Fsp3) is 0.200. The summed E-state index contributed by atoms with van der Waals surface area (Å²) in [5.41, 5.74) is 0.00316. The summed E-state index contributed by atoms with van der Waals surface area (Å²) in [5.74, 6) is -1.25. The van der Waals surface area contributed by atoms with Gasteiger partial charge in [0.2, 0.25) is 0 Å². The number of carbonyl (C=O) groups is 1. The Kier molecular flexibility index (Phi) is 3.51. The van der Waals surface area contributed by atoms with Gasteiger partial charge in [-0.05, 0) is 12.1 Å². The molecule has 1 aromatic rings. The van der Waals surface area contributed by atoms with Crippen LogP contribution in [-0.2, 0) is 9.53 Å². The summed E-state index contributed by atoms with van der Waals surface area (Å²) in [6, 6.07) is 2.41. The smallest absolute Gasteiger partial charge is 0.336 e. The van der Waals surface area contributed by atoms with Gasteiger partial charge in [-0.25, -0.2) is 9.18 Å². The van der Waals surface area contributed by atoms with Crippen LogP contribution in [0, 0.1) is 5.82 Å². The van der Waals surface area contributed by atoms with E-state index in [1.807, 2.05) is 0 Å². The molecular weight excluding hydrogens is 201 g/mol. The number of pyridine rings is 1. The number of halogens is 1. The number of carbonyl (C=O) groups excluding carboxylic acids is 1. The molecule has 0 fully saturated rings. The molecule has 1 atom stereocenters. The first-order valence-electron chi connectivity index (χ1n) is 4.13. The van der Waals surface area contributed by atoms with E-state index < -0.39 is 17.9 Å². The number of aliphatic hydroxyl groups excluding tert-OH is 1. The van der Waals surface area contributed by atoms with Gasteiger partial charge in [-0.1, -0.05) is 6.58 Å². The van der Waals surface area contributed by atoms with Crippen LogP contribution in [-0.4, -0.2) is 23.2 Å². The number of methoxy groups -OCH3 is 1. The first-order chi connectivity index (χ1) is 7.06. The molecule has 1 heterocycles. The molecule has 0 aliphatic rings. The van der Waals surface area contributed by atoms with Gasteiger partial charge in [0.05, 0.1) is 24.6 Å².